The van der Waals surface area contributed by atoms with Gasteiger partial charge in [0, 0.05) is 25.2 Å². The average molecular weight is 285 g/mol. The SMILES string of the molecule is CC(C)NCc1ccc(N2CCCCCC2C)c(C#N)c1. The van der Waals surface area contributed by atoms with Gasteiger partial charge in [0.1, 0.15) is 6.07 Å². The number of nitrogens with one attached hydrogen (secondary N) is 1. The van der Waals surface area contributed by atoms with Crippen LogP contribution in [0.4, 0.5) is 5.69 Å². The molecule has 1 aromatic rings. The third-order valence-corrected chi connectivity index (χ3v) is 4.26. The van der Waals surface area contributed by atoms with E-state index in [9.17, 15) is 5.26 Å². The molecule has 1 aliphatic rings. The van der Waals surface area contributed by atoms with Crippen LogP contribution in [0.15, 0.2) is 18.2 Å². The zero-order valence-electron chi connectivity index (χ0n) is 13.5. The van der Waals surface area contributed by atoms with Gasteiger partial charge in [-0.25, -0.2) is 0 Å². The molecule has 0 saturated carbocycles. The van der Waals surface area contributed by atoms with Gasteiger partial charge >= 0.3 is 0 Å². The molecule has 1 heterocycles. The Morgan fingerprint density at radius 3 is 2.86 bits per heavy atom. The first-order chi connectivity index (χ1) is 10.1. The molecule has 1 aromatic carbocycles. The van der Waals surface area contributed by atoms with E-state index in [2.05, 4.69) is 49.2 Å². The van der Waals surface area contributed by atoms with E-state index >= 15 is 0 Å². The Kier molecular flexibility index (Phi) is 5.64. The van der Waals surface area contributed by atoms with Gasteiger partial charge in [0.25, 0.3) is 0 Å². The minimum atomic E-state index is 0.459. The molecule has 114 valence electrons. The van der Waals surface area contributed by atoms with Crippen LogP contribution >= 0.6 is 0 Å². The van der Waals surface area contributed by atoms with Crippen LogP contribution in [0.5, 0.6) is 0 Å². The number of rotatable bonds is 4. The smallest absolute Gasteiger partial charge is 0.101 e. The van der Waals surface area contributed by atoms with Crippen LogP contribution in [0.1, 0.15) is 57.6 Å². The highest BCUT2D eigenvalue weighted by Crippen LogP contribution is 2.27. The monoisotopic (exact) mass is 285 g/mol. The van der Waals surface area contributed by atoms with Gasteiger partial charge in [-0.2, -0.15) is 5.26 Å². The van der Waals surface area contributed by atoms with Crippen LogP contribution in [-0.2, 0) is 6.54 Å². The summed E-state index contributed by atoms with van der Waals surface area (Å²) in [6.07, 6.45) is 5.06. The number of nitrogens with zero attached hydrogens (tertiary/aromatic N) is 2. The lowest BCUT2D eigenvalue weighted by atomic mass is 10.1. The minimum absolute atomic E-state index is 0.459. The van der Waals surface area contributed by atoms with Crippen molar-refractivity contribution in [2.45, 2.75) is 65.1 Å². The second kappa shape index (κ2) is 7.47. The number of nitriles is 1. The largest absolute Gasteiger partial charge is 0.368 e. The molecule has 1 fully saturated rings. The van der Waals surface area contributed by atoms with E-state index in [0.717, 1.165) is 24.3 Å². The van der Waals surface area contributed by atoms with E-state index in [1.165, 1.54) is 31.2 Å². The summed E-state index contributed by atoms with van der Waals surface area (Å²) in [6, 6.07) is 9.72. The molecule has 0 amide bonds. The Labute approximate surface area is 129 Å². The third kappa shape index (κ3) is 4.22. The highest BCUT2D eigenvalue weighted by Gasteiger charge is 2.19. The quantitative estimate of drug-likeness (QED) is 0.914. The fourth-order valence-corrected chi connectivity index (χ4v) is 2.99. The molecule has 1 saturated heterocycles. The van der Waals surface area contributed by atoms with Crippen LogP contribution in [0, 0.1) is 11.3 Å². The van der Waals surface area contributed by atoms with Gasteiger partial charge in [-0.15, -0.1) is 0 Å². The molecule has 1 N–H and O–H groups in total. The molecule has 21 heavy (non-hydrogen) atoms. The summed E-state index contributed by atoms with van der Waals surface area (Å²) >= 11 is 0. The maximum Gasteiger partial charge on any atom is 0.101 e. The topological polar surface area (TPSA) is 39.1 Å². The molecular formula is C18H27N3. The molecular weight excluding hydrogens is 258 g/mol. The van der Waals surface area contributed by atoms with E-state index in [-0.39, 0.29) is 0 Å². The van der Waals surface area contributed by atoms with Crippen LogP contribution in [0.25, 0.3) is 0 Å². The number of hydrogen-bond donors (Lipinski definition) is 1. The van der Waals surface area contributed by atoms with Gasteiger partial charge in [-0.1, -0.05) is 32.8 Å². The Hall–Kier alpha value is -1.53. The van der Waals surface area contributed by atoms with Crippen molar-refractivity contribution in [3.8, 4) is 6.07 Å². The predicted octanol–water partition coefficient (Wildman–Crippen LogP) is 3.83. The standard InChI is InChI=1S/C18H27N3/c1-14(2)20-13-16-8-9-18(17(11-16)12-19)21-10-6-4-5-7-15(21)3/h8-9,11,14-15,20H,4-7,10,13H2,1-3H3. The molecule has 0 aromatic heterocycles. The zero-order valence-corrected chi connectivity index (χ0v) is 13.5. The first-order valence-electron chi connectivity index (χ1n) is 8.15. The second-order valence-corrected chi connectivity index (χ2v) is 6.39. The molecule has 1 aliphatic heterocycles. The fourth-order valence-electron chi connectivity index (χ4n) is 2.99. The number of hydrogen-bond acceptors (Lipinski definition) is 3. The molecule has 3 nitrogen and oxygen atoms in total. The van der Waals surface area contributed by atoms with Crippen molar-refractivity contribution in [2.24, 2.45) is 0 Å². The summed E-state index contributed by atoms with van der Waals surface area (Å²) in [7, 11) is 0. The van der Waals surface area contributed by atoms with Crippen LogP contribution < -0.4 is 10.2 Å². The van der Waals surface area contributed by atoms with Gasteiger partial charge in [0.15, 0.2) is 0 Å². The van der Waals surface area contributed by atoms with E-state index in [0.29, 0.717) is 12.1 Å². The second-order valence-electron chi connectivity index (χ2n) is 6.39. The van der Waals surface area contributed by atoms with E-state index in [4.69, 9.17) is 0 Å². The molecule has 0 radical (unpaired) electrons. The highest BCUT2D eigenvalue weighted by atomic mass is 15.2. The molecule has 0 spiro atoms. The Balaban J connectivity index is 2.21. The van der Waals surface area contributed by atoms with Gasteiger partial charge in [0.2, 0.25) is 0 Å². The Morgan fingerprint density at radius 1 is 1.33 bits per heavy atom. The first kappa shape index (κ1) is 15.9. The number of benzene rings is 1. The van der Waals surface area contributed by atoms with Crippen molar-refractivity contribution in [2.75, 3.05) is 11.4 Å². The van der Waals surface area contributed by atoms with Crippen LogP contribution in [-0.4, -0.2) is 18.6 Å². The number of anilines is 1. The van der Waals surface area contributed by atoms with Crippen molar-refractivity contribution in [1.29, 1.82) is 5.26 Å². The fraction of sp³-hybridized carbons (Fsp3) is 0.611. The van der Waals surface area contributed by atoms with Crippen LogP contribution in [0.3, 0.4) is 0 Å². The summed E-state index contributed by atoms with van der Waals surface area (Å²) in [6.45, 7) is 8.44. The lowest BCUT2D eigenvalue weighted by molar-refractivity contribution is 0.588. The summed E-state index contributed by atoms with van der Waals surface area (Å²) in [4.78, 5) is 2.42. The minimum Gasteiger partial charge on any atom is -0.368 e. The molecule has 3 heteroatoms. The molecule has 0 aliphatic carbocycles. The lowest BCUT2D eigenvalue weighted by Crippen LogP contribution is -2.33. The normalized spacial score (nSPS) is 19.4. The summed E-state index contributed by atoms with van der Waals surface area (Å²) in [5.41, 5.74) is 3.11. The molecule has 1 atom stereocenters. The van der Waals surface area contributed by atoms with Crippen molar-refractivity contribution >= 4 is 5.69 Å². The van der Waals surface area contributed by atoms with Gasteiger partial charge in [0.05, 0.1) is 11.3 Å². The van der Waals surface area contributed by atoms with Crippen molar-refractivity contribution < 1.29 is 0 Å². The summed E-state index contributed by atoms with van der Waals surface area (Å²) in [5.74, 6) is 0. The van der Waals surface area contributed by atoms with E-state index in [1.54, 1.807) is 0 Å². The van der Waals surface area contributed by atoms with Crippen molar-refractivity contribution in [1.82, 2.24) is 5.32 Å². The third-order valence-electron chi connectivity index (χ3n) is 4.26. The summed E-state index contributed by atoms with van der Waals surface area (Å²) in [5, 5.41) is 12.9. The highest BCUT2D eigenvalue weighted by molar-refractivity contribution is 5.61. The molecule has 2 rings (SSSR count). The van der Waals surface area contributed by atoms with E-state index in [1.807, 2.05) is 6.07 Å². The predicted molar refractivity (Wildman–Crippen MR) is 88.4 cm³/mol. The van der Waals surface area contributed by atoms with Gasteiger partial charge < -0.3 is 10.2 Å². The first-order valence-corrected chi connectivity index (χ1v) is 8.15. The lowest BCUT2D eigenvalue weighted by Gasteiger charge is -2.30. The van der Waals surface area contributed by atoms with Gasteiger partial charge in [-0.05, 0) is 37.5 Å². The van der Waals surface area contributed by atoms with Crippen molar-refractivity contribution in [3.05, 3.63) is 29.3 Å². The molecule has 0 bridgehead atoms. The van der Waals surface area contributed by atoms with Gasteiger partial charge in [-0.3, -0.25) is 0 Å². The van der Waals surface area contributed by atoms with Crippen LogP contribution in [0.2, 0.25) is 0 Å². The van der Waals surface area contributed by atoms with Crippen molar-refractivity contribution in [3.63, 3.8) is 0 Å². The average Bonchev–Trinajstić information content (AvgIpc) is 2.69. The maximum absolute atomic E-state index is 9.51. The summed E-state index contributed by atoms with van der Waals surface area (Å²) < 4.78 is 0. The Bertz CT molecular complexity index is 502. The van der Waals surface area contributed by atoms with E-state index < -0.39 is 0 Å². The Morgan fingerprint density at radius 2 is 2.14 bits per heavy atom. The zero-order chi connectivity index (χ0) is 15.2. The molecule has 1 unspecified atom stereocenters. The maximum atomic E-state index is 9.51.